The number of aromatic nitrogens is 4. The Balaban J connectivity index is 0.00000112. The van der Waals surface area contributed by atoms with Crippen molar-refractivity contribution in [1.82, 2.24) is 19.7 Å². The van der Waals surface area contributed by atoms with Crippen LogP contribution in [0.25, 0.3) is 5.95 Å². The summed E-state index contributed by atoms with van der Waals surface area (Å²) in [5.74, 6) is 0.584. The Hall–Kier alpha value is -3.62. The molecule has 2 aromatic heterocycles. The van der Waals surface area contributed by atoms with Gasteiger partial charge in [0.15, 0.2) is 0 Å². The van der Waals surface area contributed by atoms with E-state index >= 15 is 0 Å². The van der Waals surface area contributed by atoms with Crippen LogP contribution in [0.5, 0.6) is 0 Å². The van der Waals surface area contributed by atoms with Gasteiger partial charge in [0.1, 0.15) is 11.0 Å². The fraction of sp³-hybridized carbons (Fsp3) is 0.125. The first-order valence-corrected chi connectivity index (χ1v) is 4.20. The van der Waals surface area contributed by atoms with Crippen LogP contribution in [0.15, 0.2) is 6.07 Å². The summed E-state index contributed by atoms with van der Waals surface area (Å²) < 4.78 is 1.34. The third-order valence-corrected chi connectivity index (χ3v) is 1.68. The standard InChI is InChI=1S/C8H6ClN5.2Rf/c1-5-3-11-14(4-5)8-12-6(9)2-7(10)13-8;;/h2H,1H3,(H2,10,12,13);;/q-2;;. The first-order valence-electron chi connectivity index (χ1n) is 3.82. The van der Waals surface area contributed by atoms with Crippen molar-refractivity contribution in [2.75, 3.05) is 5.73 Å². The summed E-state index contributed by atoms with van der Waals surface area (Å²) in [6, 6.07) is 1.46. The first kappa shape index (κ1) is 12.4. The number of rotatable bonds is 1. The van der Waals surface area contributed by atoms with E-state index in [2.05, 4.69) is 27.5 Å². The topological polar surface area (TPSA) is 69.6 Å². The van der Waals surface area contributed by atoms with Gasteiger partial charge in [0.2, 0.25) is 5.95 Å². The molecular weight excluding hydrogens is 736 g/mol. The number of anilines is 1. The Bertz CT molecular complexity index is 453. The molecule has 0 aromatic carbocycles. The maximum Gasteiger partial charge on any atom is 0.217 e. The predicted molar refractivity (Wildman–Crippen MR) is 51.0 cm³/mol. The van der Waals surface area contributed by atoms with E-state index in [1.165, 1.54) is 10.7 Å². The van der Waals surface area contributed by atoms with E-state index in [0.29, 0.717) is 11.8 Å². The van der Waals surface area contributed by atoms with Crippen molar-refractivity contribution < 1.29 is 0 Å². The van der Waals surface area contributed by atoms with Crippen molar-refractivity contribution in [3.05, 3.63) is 29.2 Å². The minimum Gasteiger partial charge on any atom is -0.424 e. The van der Waals surface area contributed by atoms with Crippen LogP contribution in [0.4, 0.5) is 5.82 Å². The zero-order valence-corrected chi connectivity index (χ0v) is 22.3. The van der Waals surface area contributed by atoms with Gasteiger partial charge in [-0.15, -0.1) is 6.92 Å². The van der Waals surface area contributed by atoms with E-state index in [4.69, 9.17) is 17.3 Å². The Labute approximate surface area is 85.5 Å². The summed E-state index contributed by atoms with van der Waals surface area (Å²) >= 11 is 5.71. The smallest absolute Gasteiger partial charge is 0.217 e. The van der Waals surface area contributed by atoms with E-state index < -0.39 is 0 Å². The molecule has 0 aliphatic rings. The number of nitrogens with zero attached hydrogens (tertiary/aromatic N) is 4. The Kier molecular flexibility index (Phi) is 3.14. The van der Waals surface area contributed by atoms with Gasteiger partial charge in [-0.25, -0.2) is 4.98 Å². The van der Waals surface area contributed by atoms with E-state index in [-0.39, 0.29) is 5.15 Å². The number of nitrogens with two attached hydrogens (primary N) is 1. The molecular formula is C8H6ClN5Rf2-2. The second kappa shape index (κ2) is 4.06. The van der Waals surface area contributed by atoms with Crippen LogP contribution in [-0.4, -0.2) is 19.7 Å². The normalized spacial score (nSPS) is 9.12. The quantitative estimate of drug-likeness (QED) is 0.348. The molecule has 0 spiro atoms. The second-order valence-corrected chi connectivity index (χ2v) is 3.06. The fourth-order valence-corrected chi connectivity index (χ4v) is 1.13. The molecule has 0 bridgehead atoms. The molecule has 2 rings (SSSR count). The fourth-order valence-electron chi connectivity index (χ4n) is 0.946. The predicted octanol–water partition coefficient (Wildman–Crippen LogP) is 0.807. The third-order valence-electron chi connectivity index (χ3n) is 1.48. The van der Waals surface area contributed by atoms with Crippen LogP contribution >= 0.6 is 11.6 Å². The van der Waals surface area contributed by atoms with Gasteiger partial charge in [-0.1, -0.05) is 11.6 Å². The van der Waals surface area contributed by atoms with Gasteiger partial charge in [0, 0.05) is 6.07 Å². The summed E-state index contributed by atoms with van der Waals surface area (Å²) in [5, 5.41) is 4.14. The van der Waals surface area contributed by atoms with Crippen LogP contribution in [-0.2, 0) is 0 Å². The Morgan fingerprint density at radius 2 is 2.06 bits per heavy atom. The summed E-state index contributed by atoms with van der Waals surface area (Å²) in [5.41, 5.74) is 6.27. The molecule has 0 radical (unpaired) electrons. The van der Waals surface area contributed by atoms with Crippen LogP contribution in [0.2, 0.25) is 5.15 Å². The molecule has 0 aliphatic heterocycles. The van der Waals surface area contributed by atoms with Crippen molar-refractivity contribution in [2.24, 2.45) is 0 Å². The molecule has 0 saturated heterocycles. The molecule has 8 heteroatoms. The minimum absolute atomic E-state index is 0. The number of aryl methyl sites for hydroxylation is 1. The van der Waals surface area contributed by atoms with Gasteiger partial charge in [-0.2, -0.15) is 4.98 Å². The number of hydrogen-bond acceptors (Lipinski definition) is 4. The van der Waals surface area contributed by atoms with Crippen LogP contribution in [0.1, 0.15) is 5.56 Å². The molecule has 2 N–H and O–H groups in total. The van der Waals surface area contributed by atoms with Crippen molar-refractivity contribution in [3.8, 4) is 5.95 Å². The molecule has 0 aliphatic carbocycles. The van der Waals surface area contributed by atoms with Gasteiger partial charge in [0.05, 0.1) is 0 Å². The molecule has 0 fully saturated rings. The monoisotopic (exact) mass is 741 g/mol. The molecule has 2 aromatic rings. The third kappa shape index (κ3) is 2.00. The van der Waals surface area contributed by atoms with E-state index in [1.54, 1.807) is 0 Å². The molecule has 2 heterocycles. The zero-order valence-electron chi connectivity index (χ0n) is 8.74. The maximum atomic E-state index is 5.71. The van der Waals surface area contributed by atoms with Crippen molar-refractivity contribution in [2.45, 2.75) is 6.92 Å². The van der Waals surface area contributed by atoms with E-state index in [1.807, 2.05) is 6.92 Å². The average Bonchev–Trinajstić information content (AvgIpc) is 2.50. The molecule has 76 valence electrons. The van der Waals surface area contributed by atoms with Crippen molar-refractivity contribution >= 4 is 17.4 Å². The van der Waals surface area contributed by atoms with Crippen LogP contribution < -0.4 is 5.73 Å². The summed E-state index contributed by atoms with van der Waals surface area (Å²) in [6.45, 7) is 1.82. The second-order valence-electron chi connectivity index (χ2n) is 2.68. The largest absolute Gasteiger partial charge is 0.424 e. The molecule has 0 saturated carbocycles. The molecule has 16 heavy (non-hydrogen) atoms. The SMILES string of the molecule is Cc1[c-]nn(-c2nc(N)cc(Cl)n2)[c-]1.[Rf].[Rf]. The molecule has 0 atom stereocenters. The van der Waals surface area contributed by atoms with E-state index in [9.17, 15) is 0 Å². The van der Waals surface area contributed by atoms with Gasteiger partial charge < -0.3 is 33.5 Å². The summed E-state index contributed by atoms with van der Waals surface area (Å²) in [6.07, 6.45) is 5.56. The van der Waals surface area contributed by atoms with Gasteiger partial charge in [0.25, 0.3) is 0 Å². The summed E-state index contributed by atoms with van der Waals surface area (Å²) in [7, 11) is 0. The van der Waals surface area contributed by atoms with Gasteiger partial charge in [-0.05, 0) is 0 Å². The van der Waals surface area contributed by atoms with Gasteiger partial charge in [-0.3, -0.25) is 0 Å². The average molecular weight is 742 g/mol. The Morgan fingerprint density at radius 1 is 1.38 bits per heavy atom. The first-order chi connectivity index (χ1) is 6.65. The molecule has 0 unspecified atom stereocenters. The zero-order chi connectivity index (χ0) is 10.1. The maximum absolute atomic E-state index is 5.71. The number of nitrogen functional groups attached to an aromatic ring is 1. The minimum atomic E-state index is 0. The van der Waals surface area contributed by atoms with Crippen molar-refractivity contribution in [3.63, 3.8) is 0 Å². The van der Waals surface area contributed by atoms with Crippen LogP contribution in [0.3, 0.4) is 0 Å². The van der Waals surface area contributed by atoms with Gasteiger partial charge >= 0.3 is 0 Å². The molecule has 0 amide bonds. The Morgan fingerprint density at radius 3 is 2.56 bits per heavy atom. The number of hydrogen-bond donors (Lipinski definition) is 1. The molecule has 5 nitrogen and oxygen atoms in total. The van der Waals surface area contributed by atoms with E-state index in [0.717, 1.165) is 5.56 Å². The number of halogens is 1. The summed E-state index contributed by atoms with van der Waals surface area (Å²) in [4.78, 5) is 7.89. The van der Waals surface area contributed by atoms with Crippen LogP contribution in [0, 0.1) is 19.3 Å². The van der Waals surface area contributed by atoms with Crippen molar-refractivity contribution in [1.29, 1.82) is 0 Å².